The lowest BCUT2D eigenvalue weighted by Gasteiger charge is -2.17. The van der Waals surface area contributed by atoms with Gasteiger partial charge in [0.15, 0.2) is 0 Å². The van der Waals surface area contributed by atoms with Gasteiger partial charge >= 0.3 is 0 Å². The van der Waals surface area contributed by atoms with Crippen LogP contribution in [0.5, 0.6) is 0 Å². The number of nitrogens with two attached hydrogens (primary N) is 1. The van der Waals surface area contributed by atoms with Crippen LogP contribution < -0.4 is 11.3 Å². The Bertz CT molecular complexity index is 727. The summed E-state index contributed by atoms with van der Waals surface area (Å²) in [6.45, 7) is 0. The van der Waals surface area contributed by atoms with E-state index >= 15 is 0 Å². The van der Waals surface area contributed by atoms with Crippen molar-refractivity contribution in [2.24, 2.45) is 5.84 Å². The van der Waals surface area contributed by atoms with Crippen molar-refractivity contribution in [1.82, 2.24) is 25.4 Å². The van der Waals surface area contributed by atoms with Gasteiger partial charge in [0.05, 0.1) is 23.3 Å². The zero-order valence-electron chi connectivity index (χ0n) is 11.0. The fourth-order valence-electron chi connectivity index (χ4n) is 2.12. The fraction of sp³-hybridized carbons (Fsp3) is 0.0714. The molecule has 106 valence electrons. The molecule has 21 heavy (non-hydrogen) atoms. The molecule has 0 bridgehead atoms. The Kier molecular flexibility index (Phi) is 4.05. The average Bonchev–Trinajstić information content (AvgIpc) is 3.00. The van der Waals surface area contributed by atoms with Crippen LogP contribution in [-0.4, -0.2) is 20.0 Å². The maximum absolute atomic E-state index is 5.73. The van der Waals surface area contributed by atoms with Gasteiger partial charge in [-0.3, -0.25) is 10.8 Å². The Labute approximate surface area is 130 Å². The molecule has 6 nitrogen and oxygen atoms in total. The summed E-state index contributed by atoms with van der Waals surface area (Å²) < 4.78 is 2.61. The molecule has 7 heteroatoms. The second-order valence-corrected chi connectivity index (χ2v) is 5.23. The maximum Gasteiger partial charge on any atom is 0.108 e. The van der Waals surface area contributed by atoms with Crippen molar-refractivity contribution in [1.29, 1.82) is 0 Å². The predicted octanol–water partition coefficient (Wildman–Crippen LogP) is 1.98. The summed E-state index contributed by atoms with van der Waals surface area (Å²) >= 11 is 3.50. The summed E-state index contributed by atoms with van der Waals surface area (Å²) in [4.78, 5) is 4.38. The van der Waals surface area contributed by atoms with Gasteiger partial charge in [0.2, 0.25) is 0 Å². The highest BCUT2D eigenvalue weighted by Crippen LogP contribution is 2.26. The van der Waals surface area contributed by atoms with Crippen LogP contribution in [0.1, 0.15) is 17.4 Å². The minimum absolute atomic E-state index is 0.323. The van der Waals surface area contributed by atoms with Crippen molar-refractivity contribution in [2.45, 2.75) is 6.04 Å². The summed E-state index contributed by atoms with van der Waals surface area (Å²) in [5, 5.41) is 8.14. The number of hydrazine groups is 1. The molecule has 3 N–H and O–H groups in total. The molecular formula is C14H13BrN6. The molecule has 0 amide bonds. The summed E-state index contributed by atoms with van der Waals surface area (Å²) in [5.74, 6) is 5.73. The van der Waals surface area contributed by atoms with Gasteiger partial charge in [0.1, 0.15) is 6.04 Å². The second-order valence-electron chi connectivity index (χ2n) is 4.38. The van der Waals surface area contributed by atoms with Gasteiger partial charge in [-0.25, -0.2) is 10.1 Å². The molecule has 0 fully saturated rings. The van der Waals surface area contributed by atoms with Crippen molar-refractivity contribution in [3.8, 4) is 5.69 Å². The quantitative estimate of drug-likeness (QED) is 0.558. The summed E-state index contributed by atoms with van der Waals surface area (Å²) in [6.07, 6.45) is 3.40. The van der Waals surface area contributed by atoms with Gasteiger partial charge in [-0.15, -0.1) is 5.10 Å². The molecule has 0 saturated carbocycles. The summed E-state index contributed by atoms with van der Waals surface area (Å²) in [6, 6.07) is 13.2. The molecule has 3 rings (SSSR count). The van der Waals surface area contributed by atoms with Crippen LogP contribution in [0.4, 0.5) is 0 Å². The smallest absolute Gasteiger partial charge is 0.108 e. The van der Waals surface area contributed by atoms with Crippen LogP contribution >= 0.6 is 15.9 Å². The number of nitrogens with zero attached hydrogens (tertiary/aromatic N) is 4. The maximum atomic E-state index is 5.73. The van der Waals surface area contributed by atoms with Gasteiger partial charge in [0.25, 0.3) is 0 Å². The van der Waals surface area contributed by atoms with E-state index < -0.39 is 0 Å². The number of para-hydroxylation sites is 1. The Morgan fingerprint density at radius 2 is 1.95 bits per heavy atom. The Morgan fingerprint density at radius 1 is 1.14 bits per heavy atom. The van der Waals surface area contributed by atoms with Crippen molar-refractivity contribution in [3.05, 3.63) is 70.7 Å². The van der Waals surface area contributed by atoms with E-state index in [1.165, 1.54) is 0 Å². The average molecular weight is 345 g/mol. The topological polar surface area (TPSA) is 81.7 Å². The van der Waals surface area contributed by atoms with E-state index in [4.69, 9.17) is 5.84 Å². The summed E-state index contributed by atoms with van der Waals surface area (Å²) in [5.41, 5.74) is 5.28. The number of pyridine rings is 1. The molecule has 1 unspecified atom stereocenters. The van der Waals surface area contributed by atoms with E-state index in [1.54, 1.807) is 17.1 Å². The molecule has 0 aliphatic carbocycles. The molecule has 0 spiro atoms. The first-order valence-corrected chi connectivity index (χ1v) is 7.13. The largest absolute Gasteiger partial charge is 0.270 e. The number of rotatable bonds is 4. The fourth-order valence-corrected chi connectivity index (χ4v) is 2.61. The number of nitrogens with one attached hydrogen (secondary N) is 1. The molecule has 2 aromatic heterocycles. The minimum Gasteiger partial charge on any atom is -0.270 e. The molecule has 0 saturated heterocycles. The number of aromatic nitrogens is 4. The molecule has 0 radical (unpaired) electrons. The van der Waals surface area contributed by atoms with Gasteiger partial charge in [-0.2, -0.15) is 0 Å². The molecule has 0 aliphatic heterocycles. The SMILES string of the molecule is NNC(c1ncccc1Br)c1cnnn1-c1ccccc1. The lowest BCUT2D eigenvalue weighted by molar-refractivity contribution is 0.580. The molecule has 3 aromatic rings. The zero-order valence-corrected chi connectivity index (χ0v) is 12.6. The van der Waals surface area contributed by atoms with Crippen molar-refractivity contribution in [2.75, 3.05) is 0 Å². The molecule has 1 atom stereocenters. The van der Waals surface area contributed by atoms with Crippen molar-refractivity contribution >= 4 is 15.9 Å². The summed E-state index contributed by atoms with van der Waals surface area (Å²) in [7, 11) is 0. The van der Waals surface area contributed by atoms with E-state index in [1.807, 2.05) is 42.5 Å². The zero-order chi connectivity index (χ0) is 14.7. The van der Waals surface area contributed by atoms with Crippen LogP contribution in [0.25, 0.3) is 5.69 Å². The van der Waals surface area contributed by atoms with Gasteiger partial charge in [-0.1, -0.05) is 23.4 Å². The van der Waals surface area contributed by atoms with Crippen LogP contribution in [0.15, 0.2) is 59.3 Å². The van der Waals surface area contributed by atoms with Gasteiger partial charge < -0.3 is 0 Å². The second kappa shape index (κ2) is 6.13. The van der Waals surface area contributed by atoms with Crippen LogP contribution in [0.2, 0.25) is 0 Å². The van der Waals surface area contributed by atoms with E-state index in [-0.39, 0.29) is 6.04 Å². The first-order chi connectivity index (χ1) is 10.3. The number of halogens is 1. The number of hydrogen-bond acceptors (Lipinski definition) is 5. The van der Waals surface area contributed by atoms with Crippen molar-refractivity contribution in [3.63, 3.8) is 0 Å². The van der Waals surface area contributed by atoms with E-state index in [0.717, 1.165) is 21.5 Å². The third-order valence-corrected chi connectivity index (χ3v) is 3.77. The predicted molar refractivity (Wildman–Crippen MR) is 82.5 cm³/mol. The van der Waals surface area contributed by atoms with E-state index in [0.29, 0.717) is 0 Å². The highest BCUT2D eigenvalue weighted by Gasteiger charge is 2.22. The first kappa shape index (κ1) is 13.9. The molecule has 2 heterocycles. The third kappa shape index (κ3) is 2.71. The monoisotopic (exact) mass is 344 g/mol. The normalized spacial score (nSPS) is 12.3. The molecule has 1 aromatic carbocycles. The van der Waals surface area contributed by atoms with Gasteiger partial charge in [-0.05, 0) is 40.2 Å². The first-order valence-electron chi connectivity index (χ1n) is 6.34. The highest BCUT2D eigenvalue weighted by atomic mass is 79.9. The minimum atomic E-state index is -0.323. The Balaban J connectivity index is 2.08. The Hall–Kier alpha value is -2.09. The van der Waals surface area contributed by atoms with Crippen LogP contribution in [-0.2, 0) is 0 Å². The van der Waals surface area contributed by atoms with Crippen molar-refractivity contribution < 1.29 is 0 Å². The van der Waals surface area contributed by atoms with Crippen LogP contribution in [0.3, 0.4) is 0 Å². The Morgan fingerprint density at radius 3 is 2.67 bits per heavy atom. The van der Waals surface area contributed by atoms with E-state index in [9.17, 15) is 0 Å². The highest BCUT2D eigenvalue weighted by molar-refractivity contribution is 9.10. The van der Waals surface area contributed by atoms with Crippen LogP contribution in [0, 0.1) is 0 Å². The number of benzene rings is 1. The molecular weight excluding hydrogens is 332 g/mol. The van der Waals surface area contributed by atoms with Gasteiger partial charge in [0, 0.05) is 10.7 Å². The van der Waals surface area contributed by atoms with E-state index in [2.05, 4.69) is 36.7 Å². The standard InChI is InChI=1S/C14H13BrN6/c15-11-7-4-8-17-13(11)14(19-16)12-9-18-20-21(12)10-5-2-1-3-6-10/h1-9,14,19H,16H2. The number of hydrogen-bond donors (Lipinski definition) is 2. The lowest BCUT2D eigenvalue weighted by Crippen LogP contribution is -2.31. The molecule has 0 aliphatic rings. The lowest BCUT2D eigenvalue weighted by atomic mass is 10.1. The third-order valence-electron chi connectivity index (χ3n) is 3.10.